The average molecular weight is 213 g/mol. The van der Waals surface area contributed by atoms with Crippen LogP contribution in [0.25, 0.3) is 0 Å². The Morgan fingerprint density at radius 3 is 2.82 bits per heavy atom. The molecule has 0 aliphatic carbocycles. The van der Waals surface area contributed by atoms with E-state index in [9.17, 15) is 0 Å². The van der Waals surface area contributed by atoms with E-state index in [0.29, 0.717) is 0 Å². The van der Waals surface area contributed by atoms with Crippen LogP contribution in [0.4, 0.5) is 0 Å². The summed E-state index contributed by atoms with van der Waals surface area (Å²) < 4.78 is 1.13. The molecular formula is C8H9BrN2. The second kappa shape index (κ2) is 2.59. The largest absolute Gasteiger partial charge is 0.268 e. The van der Waals surface area contributed by atoms with Crippen molar-refractivity contribution in [2.75, 3.05) is 0 Å². The summed E-state index contributed by atoms with van der Waals surface area (Å²) in [4.78, 5) is 0. The first-order chi connectivity index (χ1) is 5.25. The molecule has 1 aromatic rings. The van der Waals surface area contributed by atoms with E-state index in [1.807, 2.05) is 5.01 Å². The van der Waals surface area contributed by atoms with Gasteiger partial charge in [0.2, 0.25) is 0 Å². The molecule has 0 fully saturated rings. The number of halogens is 1. The quantitative estimate of drug-likeness (QED) is 0.663. The SMILES string of the molecule is NN1Cc2ccc(Br)cc2C1. The number of nitrogens with zero attached hydrogens (tertiary/aromatic N) is 1. The summed E-state index contributed by atoms with van der Waals surface area (Å²) in [5, 5.41) is 1.82. The highest BCUT2D eigenvalue weighted by Gasteiger charge is 2.14. The van der Waals surface area contributed by atoms with Crippen LogP contribution in [0.2, 0.25) is 0 Å². The zero-order valence-corrected chi connectivity index (χ0v) is 7.63. The molecule has 58 valence electrons. The third kappa shape index (κ3) is 1.31. The van der Waals surface area contributed by atoms with Crippen LogP contribution in [0.1, 0.15) is 11.1 Å². The standard InChI is InChI=1S/C8H9BrN2/c9-8-2-1-6-4-11(10)5-7(6)3-8/h1-3H,4-5,10H2. The van der Waals surface area contributed by atoms with Gasteiger partial charge in [0.25, 0.3) is 0 Å². The maximum absolute atomic E-state index is 5.65. The fraction of sp³-hybridized carbons (Fsp3) is 0.250. The van der Waals surface area contributed by atoms with Gasteiger partial charge in [0.1, 0.15) is 0 Å². The van der Waals surface area contributed by atoms with E-state index in [0.717, 1.165) is 17.6 Å². The molecule has 1 aliphatic heterocycles. The molecule has 0 spiro atoms. The lowest BCUT2D eigenvalue weighted by atomic mass is 10.1. The van der Waals surface area contributed by atoms with Gasteiger partial charge in [-0.1, -0.05) is 22.0 Å². The summed E-state index contributed by atoms with van der Waals surface area (Å²) >= 11 is 3.43. The number of benzene rings is 1. The normalized spacial score (nSPS) is 16.9. The third-order valence-corrected chi connectivity index (χ3v) is 2.41. The van der Waals surface area contributed by atoms with E-state index in [1.54, 1.807) is 0 Å². The molecule has 1 aromatic carbocycles. The van der Waals surface area contributed by atoms with Crippen molar-refractivity contribution < 1.29 is 0 Å². The Kier molecular flexibility index (Phi) is 1.71. The lowest BCUT2D eigenvalue weighted by Crippen LogP contribution is -2.23. The summed E-state index contributed by atoms with van der Waals surface area (Å²) in [6, 6.07) is 6.30. The lowest BCUT2D eigenvalue weighted by Gasteiger charge is -2.02. The molecule has 0 saturated heterocycles. The third-order valence-electron chi connectivity index (χ3n) is 1.92. The van der Waals surface area contributed by atoms with Crippen LogP contribution < -0.4 is 5.84 Å². The Labute approximate surface area is 74.1 Å². The van der Waals surface area contributed by atoms with Crippen molar-refractivity contribution in [2.24, 2.45) is 5.84 Å². The van der Waals surface area contributed by atoms with Crippen molar-refractivity contribution >= 4 is 15.9 Å². The van der Waals surface area contributed by atoms with Crippen molar-refractivity contribution in [3.8, 4) is 0 Å². The molecule has 2 nitrogen and oxygen atoms in total. The monoisotopic (exact) mass is 212 g/mol. The number of fused-ring (bicyclic) bond motifs is 1. The van der Waals surface area contributed by atoms with Crippen molar-refractivity contribution in [2.45, 2.75) is 13.1 Å². The van der Waals surface area contributed by atoms with E-state index < -0.39 is 0 Å². The molecule has 2 N–H and O–H groups in total. The number of hydrogen-bond donors (Lipinski definition) is 1. The summed E-state index contributed by atoms with van der Waals surface area (Å²) in [6.45, 7) is 1.75. The van der Waals surface area contributed by atoms with E-state index in [2.05, 4.69) is 34.1 Å². The molecule has 0 bridgehead atoms. The van der Waals surface area contributed by atoms with Crippen molar-refractivity contribution in [1.82, 2.24) is 5.01 Å². The Morgan fingerprint density at radius 1 is 1.27 bits per heavy atom. The highest BCUT2D eigenvalue weighted by molar-refractivity contribution is 9.10. The van der Waals surface area contributed by atoms with Gasteiger partial charge in [-0.15, -0.1) is 0 Å². The van der Waals surface area contributed by atoms with Gasteiger partial charge in [0, 0.05) is 17.6 Å². The minimum Gasteiger partial charge on any atom is -0.268 e. The Morgan fingerprint density at radius 2 is 2.00 bits per heavy atom. The molecule has 0 unspecified atom stereocenters. The van der Waals surface area contributed by atoms with Crippen LogP contribution in [-0.2, 0) is 13.1 Å². The molecule has 0 aromatic heterocycles. The predicted octanol–water partition coefficient (Wildman–Crippen LogP) is 1.64. The first-order valence-electron chi connectivity index (χ1n) is 3.52. The van der Waals surface area contributed by atoms with Crippen LogP contribution in [0.3, 0.4) is 0 Å². The highest BCUT2D eigenvalue weighted by atomic mass is 79.9. The van der Waals surface area contributed by atoms with E-state index in [1.165, 1.54) is 11.1 Å². The second-order valence-corrected chi connectivity index (χ2v) is 3.73. The van der Waals surface area contributed by atoms with Gasteiger partial charge in [0.15, 0.2) is 0 Å². The maximum atomic E-state index is 5.65. The van der Waals surface area contributed by atoms with Crippen LogP contribution in [0, 0.1) is 0 Å². The molecular weight excluding hydrogens is 204 g/mol. The Balaban J connectivity index is 2.43. The van der Waals surface area contributed by atoms with Gasteiger partial charge in [-0.25, -0.2) is 5.01 Å². The first kappa shape index (κ1) is 7.28. The van der Waals surface area contributed by atoms with Crippen LogP contribution in [0.15, 0.2) is 22.7 Å². The van der Waals surface area contributed by atoms with Gasteiger partial charge >= 0.3 is 0 Å². The van der Waals surface area contributed by atoms with E-state index in [4.69, 9.17) is 5.84 Å². The van der Waals surface area contributed by atoms with E-state index in [-0.39, 0.29) is 0 Å². The zero-order valence-electron chi connectivity index (χ0n) is 6.05. The van der Waals surface area contributed by atoms with Gasteiger partial charge in [-0.3, -0.25) is 5.84 Å². The molecule has 2 rings (SSSR count). The molecule has 0 amide bonds. The minimum absolute atomic E-state index is 0.870. The highest BCUT2D eigenvalue weighted by Crippen LogP contribution is 2.23. The van der Waals surface area contributed by atoms with Crippen molar-refractivity contribution in [3.05, 3.63) is 33.8 Å². The van der Waals surface area contributed by atoms with Crippen LogP contribution >= 0.6 is 15.9 Å². The number of hydrogen-bond acceptors (Lipinski definition) is 2. The molecule has 3 heteroatoms. The minimum atomic E-state index is 0.870. The van der Waals surface area contributed by atoms with Gasteiger partial charge in [0.05, 0.1) is 0 Å². The first-order valence-corrected chi connectivity index (χ1v) is 4.32. The average Bonchev–Trinajstić information content (AvgIpc) is 2.27. The van der Waals surface area contributed by atoms with Crippen LogP contribution in [0.5, 0.6) is 0 Å². The number of rotatable bonds is 0. The second-order valence-electron chi connectivity index (χ2n) is 2.82. The summed E-state index contributed by atoms with van der Waals surface area (Å²) in [7, 11) is 0. The van der Waals surface area contributed by atoms with Crippen LogP contribution in [-0.4, -0.2) is 5.01 Å². The van der Waals surface area contributed by atoms with E-state index >= 15 is 0 Å². The maximum Gasteiger partial charge on any atom is 0.0386 e. The predicted molar refractivity (Wildman–Crippen MR) is 47.6 cm³/mol. The topological polar surface area (TPSA) is 29.3 Å². The summed E-state index contributed by atoms with van der Waals surface area (Å²) in [5.74, 6) is 5.65. The lowest BCUT2D eigenvalue weighted by molar-refractivity contribution is 0.295. The molecule has 0 radical (unpaired) electrons. The van der Waals surface area contributed by atoms with Crippen molar-refractivity contribution in [1.29, 1.82) is 0 Å². The smallest absolute Gasteiger partial charge is 0.0386 e. The number of nitrogens with two attached hydrogens (primary N) is 1. The summed E-state index contributed by atoms with van der Waals surface area (Å²) in [5.41, 5.74) is 2.68. The van der Waals surface area contributed by atoms with Gasteiger partial charge in [-0.05, 0) is 23.3 Å². The molecule has 1 aliphatic rings. The molecule has 0 atom stereocenters. The Hall–Kier alpha value is -0.380. The fourth-order valence-corrected chi connectivity index (χ4v) is 1.80. The molecule has 1 heterocycles. The van der Waals surface area contributed by atoms with Crippen molar-refractivity contribution in [3.63, 3.8) is 0 Å². The zero-order chi connectivity index (χ0) is 7.84. The molecule has 11 heavy (non-hydrogen) atoms. The fourth-order valence-electron chi connectivity index (χ4n) is 1.39. The van der Waals surface area contributed by atoms with Gasteiger partial charge in [-0.2, -0.15) is 0 Å². The Bertz CT molecular complexity index is 285. The van der Waals surface area contributed by atoms with Gasteiger partial charge < -0.3 is 0 Å². The number of hydrazine groups is 1. The summed E-state index contributed by atoms with van der Waals surface area (Å²) in [6.07, 6.45) is 0. The molecule has 0 saturated carbocycles.